The molecule has 1 atom stereocenters. The van der Waals surface area contributed by atoms with Crippen molar-refractivity contribution >= 4 is 23.5 Å². The summed E-state index contributed by atoms with van der Waals surface area (Å²) in [6, 6.07) is 6.69. The second kappa shape index (κ2) is 5.03. The lowest BCUT2D eigenvalue weighted by Gasteiger charge is -2.28. The standard InChI is InChI=1S/C13H19NS2/c1-13(8-5-9-14-13)10-6-4-7-11(15-2)12(10)16-3/h4,6-7,14H,5,8-9H2,1-3H3. The van der Waals surface area contributed by atoms with E-state index in [1.807, 2.05) is 23.5 Å². The second-order valence-corrected chi connectivity index (χ2v) is 6.07. The van der Waals surface area contributed by atoms with Gasteiger partial charge in [0.2, 0.25) is 0 Å². The van der Waals surface area contributed by atoms with E-state index in [0.717, 1.165) is 6.54 Å². The van der Waals surface area contributed by atoms with Crippen LogP contribution in [0.15, 0.2) is 28.0 Å². The highest BCUT2D eigenvalue weighted by atomic mass is 32.2. The van der Waals surface area contributed by atoms with Crippen LogP contribution >= 0.6 is 23.5 Å². The molecule has 1 aliphatic heterocycles. The molecule has 16 heavy (non-hydrogen) atoms. The Balaban J connectivity index is 2.47. The van der Waals surface area contributed by atoms with E-state index in [1.165, 1.54) is 28.2 Å². The zero-order valence-electron chi connectivity index (χ0n) is 10.2. The van der Waals surface area contributed by atoms with Crippen LogP contribution in [0.5, 0.6) is 0 Å². The Bertz CT molecular complexity index is 370. The molecule has 1 aliphatic rings. The highest BCUT2D eigenvalue weighted by molar-refractivity contribution is 8.01. The molecule has 0 radical (unpaired) electrons. The Hall–Kier alpha value is -0.120. The molecule has 0 amide bonds. The third-order valence-corrected chi connectivity index (χ3v) is 5.12. The van der Waals surface area contributed by atoms with E-state index >= 15 is 0 Å². The molecule has 1 heterocycles. The minimum atomic E-state index is 0.185. The molecule has 1 fully saturated rings. The number of rotatable bonds is 3. The van der Waals surface area contributed by atoms with Crippen molar-refractivity contribution in [1.29, 1.82) is 0 Å². The Labute approximate surface area is 107 Å². The summed E-state index contributed by atoms with van der Waals surface area (Å²) in [6.07, 6.45) is 6.87. The Kier molecular flexibility index (Phi) is 3.88. The molecule has 0 bridgehead atoms. The van der Waals surface area contributed by atoms with Crippen molar-refractivity contribution in [2.75, 3.05) is 19.1 Å². The van der Waals surface area contributed by atoms with Crippen molar-refractivity contribution in [2.45, 2.75) is 35.1 Å². The zero-order chi connectivity index (χ0) is 11.6. The fourth-order valence-corrected chi connectivity index (χ4v) is 4.24. The van der Waals surface area contributed by atoms with Gasteiger partial charge in [0.05, 0.1) is 0 Å². The van der Waals surface area contributed by atoms with E-state index in [0.29, 0.717) is 0 Å². The Morgan fingerprint density at radius 2 is 2.06 bits per heavy atom. The predicted octanol–water partition coefficient (Wildman–Crippen LogP) is 3.73. The Morgan fingerprint density at radius 1 is 1.25 bits per heavy atom. The van der Waals surface area contributed by atoms with Gasteiger partial charge in [-0.05, 0) is 50.5 Å². The summed E-state index contributed by atoms with van der Waals surface area (Å²) in [5.41, 5.74) is 1.66. The molecule has 1 aromatic carbocycles. The van der Waals surface area contributed by atoms with E-state index in [2.05, 4.69) is 43.0 Å². The van der Waals surface area contributed by atoms with Gasteiger partial charge < -0.3 is 5.32 Å². The maximum Gasteiger partial charge on any atom is 0.0418 e. The highest BCUT2D eigenvalue weighted by Crippen LogP contribution is 2.40. The van der Waals surface area contributed by atoms with Crippen LogP contribution in [0.4, 0.5) is 0 Å². The number of hydrogen-bond donors (Lipinski definition) is 1. The first-order valence-electron chi connectivity index (χ1n) is 5.68. The maximum absolute atomic E-state index is 3.65. The molecule has 2 rings (SSSR count). The van der Waals surface area contributed by atoms with Gasteiger partial charge in [-0.15, -0.1) is 23.5 Å². The van der Waals surface area contributed by atoms with Gasteiger partial charge in [0.15, 0.2) is 0 Å². The molecule has 1 aromatic rings. The van der Waals surface area contributed by atoms with E-state index in [-0.39, 0.29) is 5.54 Å². The minimum Gasteiger partial charge on any atom is -0.308 e. The largest absolute Gasteiger partial charge is 0.308 e. The molecule has 3 heteroatoms. The molecule has 0 aromatic heterocycles. The van der Waals surface area contributed by atoms with Crippen molar-refractivity contribution in [2.24, 2.45) is 0 Å². The van der Waals surface area contributed by atoms with Gasteiger partial charge in [0.1, 0.15) is 0 Å². The fourth-order valence-electron chi connectivity index (χ4n) is 2.45. The number of benzene rings is 1. The van der Waals surface area contributed by atoms with Gasteiger partial charge in [-0.1, -0.05) is 12.1 Å². The average molecular weight is 253 g/mol. The predicted molar refractivity (Wildman–Crippen MR) is 74.6 cm³/mol. The monoisotopic (exact) mass is 253 g/mol. The van der Waals surface area contributed by atoms with Crippen molar-refractivity contribution in [3.63, 3.8) is 0 Å². The second-order valence-electron chi connectivity index (χ2n) is 4.40. The number of thioether (sulfide) groups is 2. The molecule has 0 aliphatic carbocycles. The first-order valence-corrected chi connectivity index (χ1v) is 8.13. The van der Waals surface area contributed by atoms with Crippen molar-refractivity contribution < 1.29 is 0 Å². The first-order chi connectivity index (χ1) is 7.71. The van der Waals surface area contributed by atoms with Gasteiger partial charge >= 0.3 is 0 Å². The van der Waals surface area contributed by atoms with Crippen LogP contribution in [0, 0.1) is 0 Å². The Morgan fingerprint density at radius 3 is 2.62 bits per heavy atom. The average Bonchev–Trinajstić information content (AvgIpc) is 2.76. The molecule has 1 nitrogen and oxygen atoms in total. The van der Waals surface area contributed by atoms with Gasteiger partial charge in [-0.3, -0.25) is 0 Å². The van der Waals surface area contributed by atoms with Crippen LogP contribution in [-0.2, 0) is 5.54 Å². The molecule has 1 N–H and O–H groups in total. The molecule has 88 valence electrons. The summed E-state index contributed by atoms with van der Waals surface area (Å²) in [6.45, 7) is 3.48. The van der Waals surface area contributed by atoms with Crippen LogP contribution < -0.4 is 5.32 Å². The van der Waals surface area contributed by atoms with Crippen LogP contribution in [0.25, 0.3) is 0 Å². The SMILES string of the molecule is CSc1cccc(C2(C)CCCN2)c1SC. The number of hydrogen-bond acceptors (Lipinski definition) is 3. The van der Waals surface area contributed by atoms with E-state index in [4.69, 9.17) is 0 Å². The molecule has 0 spiro atoms. The van der Waals surface area contributed by atoms with Gasteiger partial charge in [-0.25, -0.2) is 0 Å². The first kappa shape index (κ1) is 12.3. The van der Waals surface area contributed by atoms with E-state index in [1.54, 1.807) is 0 Å². The third-order valence-electron chi connectivity index (χ3n) is 3.37. The molecule has 1 unspecified atom stereocenters. The fraction of sp³-hybridized carbons (Fsp3) is 0.538. The van der Waals surface area contributed by atoms with Gasteiger partial charge in [0, 0.05) is 15.3 Å². The quantitative estimate of drug-likeness (QED) is 0.824. The lowest BCUT2D eigenvalue weighted by atomic mass is 9.90. The molecule has 1 saturated heterocycles. The van der Waals surface area contributed by atoms with Crippen molar-refractivity contribution in [3.05, 3.63) is 23.8 Å². The van der Waals surface area contributed by atoms with Gasteiger partial charge in [0.25, 0.3) is 0 Å². The summed E-state index contributed by atoms with van der Waals surface area (Å²) in [5, 5.41) is 3.65. The highest BCUT2D eigenvalue weighted by Gasteiger charge is 2.32. The van der Waals surface area contributed by atoms with Crippen LogP contribution in [0.2, 0.25) is 0 Å². The van der Waals surface area contributed by atoms with Crippen LogP contribution in [0.1, 0.15) is 25.3 Å². The summed E-state index contributed by atoms with van der Waals surface area (Å²) in [7, 11) is 0. The zero-order valence-corrected chi connectivity index (χ0v) is 11.8. The summed E-state index contributed by atoms with van der Waals surface area (Å²) in [4.78, 5) is 2.85. The van der Waals surface area contributed by atoms with Crippen molar-refractivity contribution in [3.8, 4) is 0 Å². The lowest BCUT2D eigenvalue weighted by Crippen LogP contribution is -2.33. The smallest absolute Gasteiger partial charge is 0.0418 e. The minimum absolute atomic E-state index is 0.185. The van der Waals surface area contributed by atoms with Crippen LogP contribution in [-0.4, -0.2) is 19.1 Å². The normalized spacial score (nSPS) is 24.9. The maximum atomic E-state index is 3.65. The molecular formula is C13H19NS2. The summed E-state index contributed by atoms with van der Waals surface area (Å²) in [5.74, 6) is 0. The summed E-state index contributed by atoms with van der Waals surface area (Å²) >= 11 is 3.71. The third kappa shape index (κ3) is 2.13. The molecule has 0 saturated carbocycles. The summed E-state index contributed by atoms with van der Waals surface area (Å²) < 4.78 is 0. The molecular weight excluding hydrogens is 234 g/mol. The van der Waals surface area contributed by atoms with Crippen LogP contribution in [0.3, 0.4) is 0 Å². The van der Waals surface area contributed by atoms with Gasteiger partial charge in [-0.2, -0.15) is 0 Å². The number of nitrogens with one attached hydrogen (secondary N) is 1. The van der Waals surface area contributed by atoms with E-state index in [9.17, 15) is 0 Å². The van der Waals surface area contributed by atoms with Crippen molar-refractivity contribution in [1.82, 2.24) is 5.32 Å². The van der Waals surface area contributed by atoms with E-state index < -0.39 is 0 Å². The topological polar surface area (TPSA) is 12.0 Å². The lowest BCUT2D eigenvalue weighted by molar-refractivity contribution is 0.425.